The van der Waals surface area contributed by atoms with Gasteiger partial charge in [-0.25, -0.2) is 4.79 Å². The zero-order chi connectivity index (χ0) is 15.6. The van der Waals surface area contributed by atoms with Crippen LogP contribution in [0.25, 0.3) is 0 Å². The van der Waals surface area contributed by atoms with Crippen LogP contribution in [0.1, 0.15) is 54.0 Å². The van der Waals surface area contributed by atoms with Crippen LogP contribution in [0.4, 0.5) is 0 Å². The van der Waals surface area contributed by atoms with Gasteiger partial charge in [0, 0.05) is 0 Å². The molecule has 0 aliphatic carbocycles. The maximum absolute atomic E-state index is 12.0. The minimum absolute atomic E-state index is 0.0375. The molecule has 0 amide bonds. The van der Waals surface area contributed by atoms with Gasteiger partial charge in [-0.1, -0.05) is 39.0 Å². The maximum atomic E-state index is 12.0. The Bertz CT molecular complexity index is 464. The predicted molar refractivity (Wildman–Crippen MR) is 81.1 cm³/mol. The van der Waals surface area contributed by atoms with Crippen LogP contribution in [0.15, 0.2) is 24.3 Å². The van der Waals surface area contributed by atoms with E-state index >= 15 is 0 Å². The predicted octanol–water partition coefficient (Wildman–Crippen LogP) is 4.09. The molecule has 1 rings (SSSR count). The second kappa shape index (κ2) is 5.86. The van der Waals surface area contributed by atoms with Crippen molar-refractivity contribution < 1.29 is 14.3 Å². The van der Waals surface area contributed by atoms with Gasteiger partial charge in [0.05, 0.1) is 0 Å². The van der Waals surface area contributed by atoms with Crippen molar-refractivity contribution in [3.63, 3.8) is 0 Å². The highest BCUT2D eigenvalue weighted by molar-refractivity contribution is 5.75. The molecule has 0 saturated carbocycles. The molecule has 0 aliphatic rings. The summed E-state index contributed by atoms with van der Waals surface area (Å²) in [6.07, 6.45) is -0.627. The molecule has 0 aliphatic heterocycles. The fourth-order valence-corrected chi connectivity index (χ4v) is 1.81. The minimum atomic E-state index is -0.627. The summed E-state index contributed by atoms with van der Waals surface area (Å²) in [5.41, 5.74) is 0.540. The van der Waals surface area contributed by atoms with Crippen molar-refractivity contribution in [2.24, 2.45) is 0 Å². The van der Waals surface area contributed by atoms with Crippen molar-refractivity contribution in [2.75, 3.05) is 0 Å². The van der Waals surface area contributed by atoms with E-state index in [0.717, 1.165) is 11.3 Å². The molecule has 0 N–H and O–H groups in total. The van der Waals surface area contributed by atoms with Crippen molar-refractivity contribution >= 4 is 5.97 Å². The number of hydrogen-bond acceptors (Lipinski definition) is 3. The molecule has 112 valence electrons. The van der Waals surface area contributed by atoms with E-state index in [1.807, 2.05) is 45.0 Å². The molecule has 1 aromatic carbocycles. The zero-order valence-corrected chi connectivity index (χ0v) is 13.6. The Morgan fingerprint density at radius 3 is 2.10 bits per heavy atom. The monoisotopic (exact) mass is 278 g/mol. The molecule has 0 saturated heterocycles. The molecule has 0 fully saturated rings. The molecule has 0 spiro atoms. The van der Waals surface area contributed by atoms with Crippen LogP contribution in [-0.4, -0.2) is 17.7 Å². The number of benzene rings is 1. The third-order valence-corrected chi connectivity index (χ3v) is 2.74. The molecule has 0 aromatic heterocycles. The van der Waals surface area contributed by atoms with Gasteiger partial charge in [-0.15, -0.1) is 0 Å². The summed E-state index contributed by atoms with van der Waals surface area (Å²) < 4.78 is 11.1. The van der Waals surface area contributed by atoms with Crippen LogP contribution in [0.2, 0.25) is 0 Å². The number of para-hydroxylation sites is 1. The maximum Gasteiger partial charge on any atom is 0.347 e. The molecule has 1 unspecified atom stereocenters. The quantitative estimate of drug-likeness (QED) is 0.781. The number of hydrogen-bond donors (Lipinski definition) is 0. The van der Waals surface area contributed by atoms with E-state index < -0.39 is 11.7 Å². The Hall–Kier alpha value is -1.51. The average molecular weight is 278 g/mol. The summed E-state index contributed by atoms with van der Waals surface area (Å²) >= 11 is 0. The van der Waals surface area contributed by atoms with Crippen LogP contribution >= 0.6 is 0 Å². The lowest BCUT2D eigenvalue weighted by Gasteiger charge is -2.26. The number of esters is 1. The van der Waals surface area contributed by atoms with Crippen molar-refractivity contribution in [1.82, 2.24) is 0 Å². The molecule has 3 nitrogen and oxygen atoms in total. The molecule has 0 radical (unpaired) electrons. The molecular weight excluding hydrogens is 252 g/mol. The first kappa shape index (κ1) is 16.5. The molecule has 20 heavy (non-hydrogen) atoms. The molecule has 1 aromatic rings. The second-order valence-electron chi connectivity index (χ2n) is 7.04. The third kappa shape index (κ3) is 4.87. The fourth-order valence-electron chi connectivity index (χ4n) is 1.81. The van der Waals surface area contributed by atoms with E-state index in [2.05, 4.69) is 20.8 Å². The lowest BCUT2D eigenvalue weighted by Crippen LogP contribution is -2.33. The van der Waals surface area contributed by atoms with Gasteiger partial charge in [-0.05, 0) is 44.7 Å². The molecule has 1 atom stereocenters. The lowest BCUT2D eigenvalue weighted by molar-refractivity contribution is -0.162. The highest BCUT2D eigenvalue weighted by Gasteiger charge is 2.25. The number of rotatable bonds is 3. The number of carbonyl (C=O) groups is 1. The summed E-state index contributed by atoms with van der Waals surface area (Å²) in [4.78, 5) is 12.0. The Kier molecular flexibility index (Phi) is 4.85. The van der Waals surface area contributed by atoms with E-state index in [0.29, 0.717) is 0 Å². The van der Waals surface area contributed by atoms with E-state index in [1.54, 1.807) is 6.92 Å². The van der Waals surface area contributed by atoms with Crippen LogP contribution in [0.5, 0.6) is 5.75 Å². The van der Waals surface area contributed by atoms with Gasteiger partial charge in [0.25, 0.3) is 0 Å². The van der Waals surface area contributed by atoms with Crippen molar-refractivity contribution in [1.29, 1.82) is 0 Å². The zero-order valence-electron chi connectivity index (χ0n) is 13.6. The molecular formula is C17H26O3. The van der Waals surface area contributed by atoms with Gasteiger partial charge < -0.3 is 9.47 Å². The van der Waals surface area contributed by atoms with E-state index in [1.165, 1.54) is 0 Å². The SMILES string of the molecule is CC(Oc1ccccc1C(C)(C)C)C(=O)OC(C)(C)C. The van der Waals surface area contributed by atoms with Gasteiger partial charge in [0.15, 0.2) is 6.10 Å². The van der Waals surface area contributed by atoms with E-state index in [4.69, 9.17) is 9.47 Å². The second-order valence-corrected chi connectivity index (χ2v) is 7.04. The van der Waals surface area contributed by atoms with Crippen molar-refractivity contribution in [3.05, 3.63) is 29.8 Å². The standard InChI is InChI=1S/C17H26O3/c1-12(15(18)20-17(5,6)7)19-14-11-9-8-10-13(14)16(2,3)4/h8-12H,1-7H3. The Morgan fingerprint density at radius 2 is 1.60 bits per heavy atom. The highest BCUT2D eigenvalue weighted by atomic mass is 16.6. The summed E-state index contributed by atoms with van der Waals surface area (Å²) in [7, 11) is 0. The molecule has 0 bridgehead atoms. The molecule has 3 heteroatoms. The first-order chi connectivity index (χ1) is 9.00. The minimum Gasteiger partial charge on any atom is -0.479 e. The summed E-state index contributed by atoms with van der Waals surface area (Å²) in [5.74, 6) is 0.388. The Morgan fingerprint density at radius 1 is 1.05 bits per heavy atom. The van der Waals surface area contributed by atoms with Gasteiger partial charge >= 0.3 is 5.97 Å². The van der Waals surface area contributed by atoms with Crippen LogP contribution < -0.4 is 4.74 Å². The van der Waals surface area contributed by atoms with E-state index in [-0.39, 0.29) is 11.4 Å². The van der Waals surface area contributed by atoms with Crippen LogP contribution in [-0.2, 0) is 14.9 Å². The first-order valence-corrected chi connectivity index (χ1v) is 7.00. The normalized spacial score (nSPS) is 13.8. The van der Waals surface area contributed by atoms with Crippen molar-refractivity contribution in [2.45, 2.75) is 65.6 Å². The van der Waals surface area contributed by atoms with Crippen LogP contribution in [0, 0.1) is 0 Å². The smallest absolute Gasteiger partial charge is 0.347 e. The Balaban J connectivity index is 2.86. The van der Waals surface area contributed by atoms with Gasteiger partial charge in [0.2, 0.25) is 0 Å². The fraction of sp³-hybridized carbons (Fsp3) is 0.588. The third-order valence-electron chi connectivity index (χ3n) is 2.74. The van der Waals surface area contributed by atoms with Crippen LogP contribution in [0.3, 0.4) is 0 Å². The lowest BCUT2D eigenvalue weighted by atomic mass is 9.86. The average Bonchev–Trinajstić information content (AvgIpc) is 2.25. The Labute approximate surface area is 122 Å². The highest BCUT2D eigenvalue weighted by Crippen LogP contribution is 2.31. The largest absolute Gasteiger partial charge is 0.479 e. The first-order valence-electron chi connectivity index (χ1n) is 7.00. The summed E-state index contributed by atoms with van der Waals surface area (Å²) in [6.45, 7) is 13.6. The molecule has 0 heterocycles. The van der Waals surface area contributed by atoms with Crippen molar-refractivity contribution in [3.8, 4) is 5.75 Å². The van der Waals surface area contributed by atoms with Gasteiger partial charge in [-0.2, -0.15) is 0 Å². The number of ether oxygens (including phenoxy) is 2. The summed E-state index contributed by atoms with van der Waals surface area (Å²) in [6, 6.07) is 7.80. The number of carbonyl (C=O) groups excluding carboxylic acids is 1. The van der Waals surface area contributed by atoms with E-state index in [9.17, 15) is 4.79 Å². The topological polar surface area (TPSA) is 35.5 Å². The summed E-state index contributed by atoms with van der Waals surface area (Å²) in [5, 5.41) is 0. The van der Waals surface area contributed by atoms with Gasteiger partial charge in [0.1, 0.15) is 11.4 Å². The van der Waals surface area contributed by atoms with Gasteiger partial charge in [-0.3, -0.25) is 0 Å².